The Labute approximate surface area is 130 Å². The third-order valence-corrected chi connectivity index (χ3v) is 0. The van der Waals surface area contributed by atoms with E-state index in [0.717, 1.165) is 0 Å². The Morgan fingerprint density at radius 3 is 0.600 bits per heavy atom. The zero-order valence-electron chi connectivity index (χ0n) is 2.29. The third kappa shape index (κ3) is 17.9. The summed E-state index contributed by atoms with van der Waals surface area (Å²) in [4.78, 5) is 0. The average Bonchev–Trinajstić information content (AvgIpc) is 0. The van der Waals surface area contributed by atoms with Gasteiger partial charge in [0, 0.05) is 0 Å². The van der Waals surface area contributed by atoms with Crippen molar-refractivity contribution in [2.24, 2.45) is 0 Å². The summed E-state index contributed by atoms with van der Waals surface area (Å²) in [5.74, 6) is 0. The van der Waals surface area contributed by atoms with Crippen molar-refractivity contribution in [2.75, 3.05) is 0 Å². The topological polar surface area (TPSA) is 0 Å². The molecular weight excluding hydrogens is 548 g/mol. The Kier molecular flexibility index (Phi) is 170. The van der Waals surface area contributed by atoms with E-state index in [4.69, 9.17) is 0 Å². The average molecular weight is 550 g/mol. The second-order valence-electron chi connectivity index (χ2n) is 0. The summed E-state index contributed by atoms with van der Waals surface area (Å²) in [6, 6.07) is 0. The van der Waals surface area contributed by atoms with Crippen LogP contribution in [0.25, 0.3) is 0 Å². The van der Waals surface area contributed by atoms with Crippen molar-refractivity contribution in [1.82, 2.24) is 0 Å². The van der Waals surface area contributed by atoms with Gasteiger partial charge in [-0.2, -0.15) is 0 Å². The molecule has 0 aromatic heterocycles. The van der Waals surface area contributed by atoms with Crippen LogP contribution in [0, 0.1) is 0 Å². The summed E-state index contributed by atoms with van der Waals surface area (Å²) in [5.41, 5.74) is 0. The third-order valence-electron chi connectivity index (χ3n) is 0. The van der Waals surface area contributed by atoms with Gasteiger partial charge >= 0.3 is 37.7 Å². The Morgan fingerprint density at radius 1 is 0.600 bits per heavy atom. The van der Waals surface area contributed by atoms with Crippen LogP contribution < -0.4 is 95.9 Å². The molecule has 5 heteroatoms. The van der Waals surface area contributed by atoms with Crippen molar-refractivity contribution in [3.8, 4) is 0 Å². The zero-order chi connectivity index (χ0) is 0. The van der Waals surface area contributed by atoms with Gasteiger partial charge in [0.25, 0.3) is 0 Å². The monoisotopic (exact) mass is 550 g/mol. The molecule has 0 fully saturated rings. The van der Waals surface area contributed by atoms with Crippen molar-refractivity contribution in [1.29, 1.82) is 0 Å². The Balaban J connectivity index is 0. The molecule has 0 N–H and O–H groups in total. The molecule has 0 aliphatic heterocycles. The van der Waals surface area contributed by atoms with E-state index in [1.807, 2.05) is 0 Å². The molecule has 0 spiro atoms. The molecule has 0 heterocycles. The molecule has 0 aliphatic carbocycles. The molecule has 0 saturated heterocycles. The summed E-state index contributed by atoms with van der Waals surface area (Å²) < 4.78 is 0. The molecule has 0 atom stereocenters. The van der Waals surface area contributed by atoms with Crippen molar-refractivity contribution in [2.45, 2.75) is 0 Å². The SMILES string of the molecule is [Ca+2].[I-].[I-].[I-].[IH2+]. The standard InChI is InChI=1S/Ca.H2I.3HI/h;1H2;3*1H/q+2;+1;;;/p-3. The molecular formula is H2CaI4. The first-order valence-electron chi connectivity index (χ1n) is 0. The van der Waals surface area contributed by atoms with Crippen LogP contribution in [0.4, 0.5) is 0 Å². The second kappa shape index (κ2) is 24.1. The first-order valence-corrected chi connectivity index (χ1v) is 0. The van der Waals surface area contributed by atoms with Crippen LogP contribution in [0.1, 0.15) is 0 Å². The van der Waals surface area contributed by atoms with Crippen LogP contribution >= 0.6 is 0 Å². The maximum absolute atomic E-state index is 0. The van der Waals surface area contributed by atoms with Crippen LogP contribution in [-0.2, 0) is 0 Å². The van der Waals surface area contributed by atoms with Crippen LogP contribution in [0.5, 0.6) is 0 Å². The van der Waals surface area contributed by atoms with E-state index in [0.29, 0.717) is 0 Å². The minimum Gasteiger partial charge on any atom is -1.00 e. The fourth-order valence-corrected chi connectivity index (χ4v) is 0. The minimum absolute atomic E-state index is 0. The predicted octanol–water partition coefficient (Wildman–Crippen LogP) is -12.9. The maximum Gasteiger partial charge on any atom is 2.00 e. The van der Waals surface area contributed by atoms with E-state index in [1.165, 1.54) is 0 Å². The predicted molar refractivity (Wildman–Crippen MR) is 8.54 cm³/mol. The van der Waals surface area contributed by atoms with Crippen LogP contribution in [-0.4, -0.2) is 37.7 Å². The molecule has 0 amide bonds. The number of halogens is 4. The van der Waals surface area contributed by atoms with Crippen molar-refractivity contribution in [3.63, 3.8) is 0 Å². The molecule has 32 valence electrons. The maximum atomic E-state index is 0. The van der Waals surface area contributed by atoms with Crippen molar-refractivity contribution in [3.05, 3.63) is 0 Å². The van der Waals surface area contributed by atoms with Crippen LogP contribution in [0.3, 0.4) is 0 Å². The molecule has 0 nitrogen and oxygen atoms in total. The molecule has 0 radical (unpaired) electrons. The first kappa shape index (κ1) is 35.2. The van der Waals surface area contributed by atoms with Crippen molar-refractivity contribution >= 4 is 37.7 Å². The van der Waals surface area contributed by atoms with Gasteiger partial charge in [-0.15, -0.1) is 0 Å². The summed E-state index contributed by atoms with van der Waals surface area (Å²) >= 11 is 0. The molecule has 0 rings (SSSR count). The quantitative estimate of drug-likeness (QED) is 0.208. The molecule has 0 aromatic rings. The van der Waals surface area contributed by atoms with Gasteiger partial charge in [0.05, 0.1) is 0 Å². The van der Waals surface area contributed by atoms with Gasteiger partial charge in [-0.25, -0.2) is 0 Å². The first-order chi connectivity index (χ1) is 0. The van der Waals surface area contributed by atoms with Gasteiger partial charge in [-0.05, 0) is 0 Å². The normalized spacial score (nSPS) is 0. The summed E-state index contributed by atoms with van der Waals surface area (Å²) in [6.45, 7) is 0. The largest absolute Gasteiger partial charge is 2.00 e. The molecule has 5 heavy (non-hydrogen) atoms. The molecule has 0 unspecified atom stereocenters. The number of rotatable bonds is 0. The number of hydrogen-bond donors (Lipinski definition) is 0. The van der Waals surface area contributed by atoms with Gasteiger partial charge in [0.1, 0.15) is 0 Å². The van der Waals surface area contributed by atoms with Gasteiger partial charge in [-0.3, -0.25) is 0 Å². The van der Waals surface area contributed by atoms with Crippen LogP contribution in [0.15, 0.2) is 0 Å². The van der Waals surface area contributed by atoms with Gasteiger partial charge in [0.15, 0.2) is 0 Å². The summed E-state index contributed by atoms with van der Waals surface area (Å²) in [7, 11) is 0. The van der Waals surface area contributed by atoms with E-state index in [1.54, 1.807) is 0 Å². The summed E-state index contributed by atoms with van der Waals surface area (Å²) in [5, 5.41) is 0. The molecule has 0 aliphatic rings. The van der Waals surface area contributed by atoms with Crippen molar-refractivity contribution < 1.29 is 95.9 Å². The Hall–Kier alpha value is 4.18. The van der Waals surface area contributed by atoms with E-state index in [9.17, 15) is 0 Å². The second-order valence-corrected chi connectivity index (χ2v) is 0. The van der Waals surface area contributed by atoms with E-state index < -0.39 is 0 Å². The van der Waals surface area contributed by atoms with Gasteiger partial charge in [-0.1, -0.05) is 0 Å². The Morgan fingerprint density at radius 2 is 0.600 bits per heavy atom. The van der Waals surface area contributed by atoms with Gasteiger partial charge < -0.3 is 71.9 Å². The smallest absolute Gasteiger partial charge is 1.00 e. The molecule has 0 aromatic carbocycles. The van der Waals surface area contributed by atoms with Gasteiger partial charge in [0.2, 0.25) is 24.0 Å². The summed E-state index contributed by atoms with van der Waals surface area (Å²) in [6.07, 6.45) is 0. The van der Waals surface area contributed by atoms with E-state index >= 15 is 0 Å². The molecule has 0 bridgehead atoms. The fraction of sp³-hybridized carbons (Fsp3) is 0. The van der Waals surface area contributed by atoms with E-state index in [2.05, 4.69) is 0 Å². The molecule has 0 saturated carbocycles. The minimum atomic E-state index is 0. The number of hydrogen-bond acceptors (Lipinski definition) is 0. The Bertz CT molecular complexity index is 3.61. The van der Waals surface area contributed by atoms with Crippen LogP contribution in [0.2, 0.25) is 0 Å². The van der Waals surface area contributed by atoms with E-state index in [-0.39, 0.29) is 134 Å². The zero-order valence-corrected chi connectivity index (χ0v) is 13.5. The fourth-order valence-electron chi connectivity index (χ4n) is 0.